The third-order valence-electron chi connectivity index (χ3n) is 3.74. The first-order valence-corrected chi connectivity index (χ1v) is 6.25. The van der Waals surface area contributed by atoms with Crippen molar-refractivity contribution in [2.75, 3.05) is 26.7 Å². The highest BCUT2D eigenvalue weighted by Gasteiger charge is 2.27. The van der Waals surface area contributed by atoms with E-state index < -0.39 is 0 Å². The van der Waals surface area contributed by atoms with E-state index in [1.165, 1.54) is 10.9 Å². The number of benzene rings is 1. The number of piperazine rings is 1. The van der Waals surface area contributed by atoms with E-state index in [2.05, 4.69) is 29.1 Å². The molecule has 1 unspecified atom stereocenters. The van der Waals surface area contributed by atoms with Crippen LogP contribution < -0.4 is 0 Å². The third-order valence-corrected chi connectivity index (χ3v) is 3.74. The summed E-state index contributed by atoms with van der Waals surface area (Å²) in [4.78, 5) is 18.7. The van der Waals surface area contributed by atoms with Crippen LogP contribution in [0.3, 0.4) is 0 Å². The molecule has 18 heavy (non-hydrogen) atoms. The zero-order valence-corrected chi connectivity index (χ0v) is 10.5. The fraction of sp³-hybridized carbons (Fsp3) is 0.357. The molecule has 94 valence electrons. The molecule has 1 atom stereocenters. The van der Waals surface area contributed by atoms with E-state index in [0.29, 0.717) is 0 Å². The van der Waals surface area contributed by atoms with Crippen molar-refractivity contribution < 1.29 is 4.79 Å². The number of H-pyrrole nitrogens is 1. The minimum atomic E-state index is 0.150. The Bertz CT molecular complexity index is 563. The standard InChI is InChI=1S/C14H17N3O/c1-16-6-7-17(10-18)14(9-16)12-8-15-13-5-3-2-4-11(12)13/h2-5,8,10,14-15H,6-7,9H2,1H3. The largest absolute Gasteiger partial charge is 0.361 e. The molecule has 2 heterocycles. The fourth-order valence-electron chi connectivity index (χ4n) is 2.71. The number of likely N-dealkylation sites (N-methyl/N-ethyl adjacent to an activating group) is 1. The fourth-order valence-corrected chi connectivity index (χ4v) is 2.71. The number of fused-ring (bicyclic) bond motifs is 1. The van der Waals surface area contributed by atoms with Gasteiger partial charge in [-0.25, -0.2) is 0 Å². The first-order chi connectivity index (χ1) is 8.79. The number of rotatable bonds is 2. The van der Waals surface area contributed by atoms with Gasteiger partial charge in [0.2, 0.25) is 6.41 Å². The highest BCUT2D eigenvalue weighted by atomic mass is 16.1. The van der Waals surface area contributed by atoms with E-state index in [-0.39, 0.29) is 6.04 Å². The Labute approximate surface area is 106 Å². The maximum Gasteiger partial charge on any atom is 0.210 e. The molecule has 1 aliphatic rings. The van der Waals surface area contributed by atoms with Crippen LogP contribution in [-0.2, 0) is 4.79 Å². The molecule has 0 spiro atoms. The van der Waals surface area contributed by atoms with Gasteiger partial charge in [-0.15, -0.1) is 0 Å². The zero-order valence-electron chi connectivity index (χ0n) is 10.5. The van der Waals surface area contributed by atoms with Crippen LogP contribution in [0.25, 0.3) is 10.9 Å². The average Bonchev–Trinajstić information content (AvgIpc) is 2.82. The lowest BCUT2D eigenvalue weighted by atomic mass is 10.0. The lowest BCUT2D eigenvalue weighted by Gasteiger charge is -2.37. The van der Waals surface area contributed by atoms with Crippen molar-refractivity contribution in [3.63, 3.8) is 0 Å². The second-order valence-electron chi connectivity index (χ2n) is 4.91. The Morgan fingerprint density at radius 1 is 1.33 bits per heavy atom. The van der Waals surface area contributed by atoms with Gasteiger partial charge in [0.1, 0.15) is 0 Å². The minimum Gasteiger partial charge on any atom is -0.361 e. The maximum atomic E-state index is 11.2. The van der Waals surface area contributed by atoms with Crippen molar-refractivity contribution in [2.45, 2.75) is 6.04 Å². The van der Waals surface area contributed by atoms with Gasteiger partial charge in [-0.3, -0.25) is 4.79 Å². The third kappa shape index (κ3) is 1.78. The summed E-state index contributed by atoms with van der Waals surface area (Å²) in [5.41, 5.74) is 2.34. The summed E-state index contributed by atoms with van der Waals surface area (Å²) < 4.78 is 0. The van der Waals surface area contributed by atoms with Crippen LogP contribution in [0.15, 0.2) is 30.5 Å². The molecule has 1 aliphatic heterocycles. The lowest BCUT2D eigenvalue weighted by molar-refractivity contribution is -0.122. The van der Waals surface area contributed by atoms with E-state index in [9.17, 15) is 4.79 Å². The van der Waals surface area contributed by atoms with E-state index in [1.807, 2.05) is 23.2 Å². The monoisotopic (exact) mass is 243 g/mol. The number of hydrogen-bond donors (Lipinski definition) is 1. The summed E-state index contributed by atoms with van der Waals surface area (Å²) in [5, 5.41) is 1.21. The van der Waals surface area contributed by atoms with Crippen molar-refractivity contribution in [3.8, 4) is 0 Å². The highest BCUT2D eigenvalue weighted by Crippen LogP contribution is 2.29. The number of aromatic nitrogens is 1. The molecule has 1 aromatic heterocycles. The van der Waals surface area contributed by atoms with Crippen LogP contribution >= 0.6 is 0 Å². The van der Waals surface area contributed by atoms with Crippen LogP contribution in [0.1, 0.15) is 11.6 Å². The Balaban J connectivity index is 2.03. The molecule has 0 saturated carbocycles. The molecule has 0 bridgehead atoms. The number of carbonyl (C=O) groups excluding carboxylic acids is 1. The van der Waals surface area contributed by atoms with Crippen molar-refractivity contribution in [2.24, 2.45) is 0 Å². The van der Waals surface area contributed by atoms with Gasteiger partial charge in [-0.2, -0.15) is 0 Å². The summed E-state index contributed by atoms with van der Waals surface area (Å²) in [7, 11) is 2.10. The van der Waals surface area contributed by atoms with Gasteiger partial charge < -0.3 is 14.8 Å². The topological polar surface area (TPSA) is 39.3 Å². The number of nitrogens with zero attached hydrogens (tertiary/aromatic N) is 2. The van der Waals surface area contributed by atoms with Crippen molar-refractivity contribution in [1.29, 1.82) is 0 Å². The second-order valence-corrected chi connectivity index (χ2v) is 4.91. The van der Waals surface area contributed by atoms with Crippen molar-refractivity contribution in [1.82, 2.24) is 14.8 Å². The van der Waals surface area contributed by atoms with Gasteiger partial charge >= 0.3 is 0 Å². The van der Waals surface area contributed by atoms with Crippen LogP contribution in [0.5, 0.6) is 0 Å². The van der Waals surface area contributed by atoms with E-state index in [4.69, 9.17) is 0 Å². The van der Waals surface area contributed by atoms with Crippen LogP contribution in [0.4, 0.5) is 0 Å². The van der Waals surface area contributed by atoms with E-state index in [0.717, 1.165) is 31.6 Å². The Hall–Kier alpha value is -1.81. The first kappa shape index (κ1) is 11.3. The van der Waals surface area contributed by atoms with Gasteiger partial charge in [0, 0.05) is 42.3 Å². The van der Waals surface area contributed by atoms with Crippen LogP contribution in [0, 0.1) is 0 Å². The molecule has 2 aromatic rings. The maximum absolute atomic E-state index is 11.2. The SMILES string of the molecule is CN1CCN(C=O)C(c2c[nH]c3ccccc23)C1. The summed E-state index contributed by atoms with van der Waals surface area (Å²) in [6.07, 6.45) is 3.00. The van der Waals surface area contributed by atoms with Crippen LogP contribution in [-0.4, -0.2) is 47.9 Å². The quantitative estimate of drug-likeness (QED) is 0.814. The molecule has 0 radical (unpaired) electrons. The van der Waals surface area contributed by atoms with Gasteiger partial charge in [0.25, 0.3) is 0 Å². The number of hydrogen-bond acceptors (Lipinski definition) is 2. The number of amides is 1. The predicted molar refractivity (Wildman–Crippen MR) is 71.3 cm³/mol. The van der Waals surface area contributed by atoms with Gasteiger partial charge in [0.15, 0.2) is 0 Å². The molecule has 1 N–H and O–H groups in total. The Kier molecular flexibility index (Phi) is 2.80. The van der Waals surface area contributed by atoms with Gasteiger partial charge in [-0.05, 0) is 13.1 Å². The molecule has 0 aliphatic carbocycles. The molecule has 1 fully saturated rings. The molecule has 1 saturated heterocycles. The number of aromatic amines is 1. The van der Waals surface area contributed by atoms with Crippen LogP contribution in [0.2, 0.25) is 0 Å². The molecule has 1 amide bonds. The summed E-state index contributed by atoms with van der Waals surface area (Å²) in [6.45, 7) is 2.63. The summed E-state index contributed by atoms with van der Waals surface area (Å²) >= 11 is 0. The van der Waals surface area contributed by atoms with Gasteiger partial charge in [0.05, 0.1) is 6.04 Å². The molecular formula is C14H17N3O. The Morgan fingerprint density at radius 3 is 3.00 bits per heavy atom. The normalized spacial score (nSPS) is 21.4. The van der Waals surface area contributed by atoms with Crippen molar-refractivity contribution in [3.05, 3.63) is 36.0 Å². The first-order valence-electron chi connectivity index (χ1n) is 6.25. The van der Waals surface area contributed by atoms with E-state index in [1.54, 1.807) is 0 Å². The zero-order chi connectivity index (χ0) is 12.5. The predicted octanol–water partition coefficient (Wildman–Crippen LogP) is 1.61. The van der Waals surface area contributed by atoms with Crippen molar-refractivity contribution >= 4 is 17.3 Å². The average molecular weight is 243 g/mol. The Morgan fingerprint density at radius 2 is 2.17 bits per heavy atom. The highest BCUT2D eigenvalue weighted by molar-refractivity contribution is 5.83. The lowest BCUT2D eigenvalue weighted by Crippen LogP contribution is -2.45. The number of nitrogens with one attached hydrogen (secondary N) is 1. The summed E-state index contributed by atoms with van der Waals surface area (Å²) in [5.74, 6) is 0. The number of para-hydroxylation sites is 1. The smallest absolute Gasteiger partial charge is 0.210 e. The minimum absolute atomic E-state index is 0.150. The molecule has 1 aromatic carbocycles. The second kappa shape index (κ2) is 4.46. The summed E-state index contributed by atoms with van der Waals surface area (Å²) in [6, 6.07) is 8.39. The van der Waals surface area contributed by atoms with E-state index >= 15 is 0 Å². The molecule has 3 rings (SSSR count). The number of carbonyl (C=O) groups is 1. The molecule has 4 nitrogen and oxygen atoms in total. The van der Waals surface area contributed by atoms with Gasteiger partial charge in [-0.1, -0.05) is 18.2 Å². The molecule has 4 heteroatoms. The molecular weight excluding hydrogens is 226 g/mol.